The number of rotatable bonds is 4. The van der Waals surface area contributed by atoms with E-state index in [4.69, 9.17) is 15.2 Å². The Morgan fingerprint density at radius 2 is 1.92 bits per heavy atom. The monoisotopic (exact) mass is 329 g/mol. The number of benzene rings is 1. The zero-order valence-electron chi connectivity index (χ0n) is 15.4. The summed E-state index contributed by atoms with van der Waals surface area (Å²) in [4.78, 5) is 0. The van der Waals surface area contributed by atoms with Gasteiger partial charge in [0.1, 0.15) is 6.10 Å². The second-order valence-electron chi connectivity index (χ2n) is 9.00. The molecule has 0 radical (unpaired) electrons. The van der Waals surface area contributed by atoms with Gasteiger partial charge in [0.2, 0.25) is 0 Å². The van der Waals surface area contributed by atoms with Gasteiger partial charge < -0.3 is 15.2 Å². The molecule has 2 aliphatic carbocycles. The van der Waals surface area contributed by atoms with Gasteiger partial charge in [-0.25, -0.2) is 0 Å². The molecule has 1 heterocycles. The summed E-state index contributed by atoms with van der Waals surface area (Å²) in [6, 6.07) is 10.2. The lowest BCUT2D eigenvalue weighted by atomic mass is 9.70. The number of ether oxygens (including phenoxy) is 2. The van der Waals surface area contributed by atoms with Gasteiger partial charge in [-0.3, -0.25) is 0 Å². The van der Waals surface area contributed by atoms with Gasteiger partial charge in [-0.05, 0) is 48.0 Å². The third-order valence-electron chi connectivity index (χ3n) is 7.57. The highest BCUT2D eigenvalue weighted by Gasteiger charge is 2.69. The topological polar surface area (TPSA) is 44.5 Å². The predicted octanol–water partition coefficient (Wildman–Crippen LogP) is 4.28. The maximum Gasteiger partial charge on any atom is 0.159 e. The molecule has 1 saturated heterocycles. The van der Waals surface area contributed by atoms with Crippen molar-refractivity contribution in [1.29, 1.82) is 0 Å². The minimum atomic E-state index is -0.118. The van der Waals surface area contributed by atoms with E-state index < -0.39 is 0 Å². The first kappa shape index (κ1) is 16.6. The summed E-state index contributed by atoms with van der Waals surface area (Å²) in [6.07, 6.45) is 3.77. The summed E-state index contributed by atoms with van der Waals surface area (Å²) in [6.45, 7) is 9.33. The van der Waals surface area contributed by atoms with E-state index in [1.807, 2.05) is 25.1 Å². The molecule has 7 atom stereocenters. The molecule has 0 aromatic heterocycles. The molecule has 3 nitrogen and oxygen atoms in total. The number of nitrogens with two attached hydrogens (primary N) is 1. The van der Waals surface area contributed by atoms with Crippen molar-refractivity contribution in [2.24, 2.45) is 28.4 Å². The van der Waals surface area contributed by atoms with Gasteiger partial charge in [0.05, 0.1) is 6.10 Å². The van der Waals surface area contributed by atoms with Crippen molar-refractivity contribution < 1.29 is 9.47 Å². The molecule has 1 aromatic carbocycles. The Morgan fingerprint density at radius 3 is 2.54 bits per heavy atom. The fourth-order valence-electron chi connectivity index (χ4n) is 5.88. The van der Waals surface area contributed by atoms with Crippen LogP contribution in [0.25, 0.3) is 0 Å². The number of hydrogen-bond donors (Lipinski definition) is 1. The van der Waals surface area contributed by atoms with Crippen molar-refractivity contribution in [3.05, 3.63) is 35.9 Å². The quantitative estimate of drug-likeness (QED) is 0.897. The van der Waals surface area contributed by atoms with Crippen LogP contribution in [0.3, 0.4) is 0 Å². The van der Waals surface area contributed by atoms with Crippen LogP contribution in [0.2, 0.25) is 0 Å². The third-order valence-corrected chi connectivity index (χ3v) is 7.57. The van der Waals surface area contributed by atoms with Crippen LogP contribution < -0.4 is 5.73 Å². The Kier molecular flexibility index (Phi) is 3.83. The molecule has 1 aliphatic heterocycles. The van der Waals surface area contributed by atoms with Gasteiger partial charge in [-0.15, -0.1) is 0 Å². The van der Waals surface area contributed by atoms with Crippen molar-refractivity contribution in [3.63, 3.8) is 0 Å². The lowest BCUT2D eigenvalue weighted by Gasteiger charge is -2.39. The molecular weight excluding hydrogens is 298 g/mol. The zero-order valence-corrected chi connectivity index (χ0v) is 15.4. The highest BCUT2D eigenvalue weighted by Crippen LogP contribution is 2.71. The highest BCUT2D eigenvalue weighted by atomic mass is 16.7. The van der Waals surface area contributed by atoms with Gasteiger partial charge in [0, 0.05) is 12.5 Å². The molecule has 0 amide bonds. The van der Waals surface area contributed by atoms with Crippen LogP contribution in [0.1, 0.15) is 58.6 Å². The van der Waals surface area contributed by atoms with Gasteiger partial charge in [0.15, 0.2) is 6.29 Å². The Bertz CT molecular complexity index is 599. The smallest absolute Gasteiger partial charge is 0.159 e. The van der Waals surface area contributed by atoms with Crippen molar-refractivity contribution in [2.45, 2.75) is 71.5 Å². The predicted molar refractivity (Wildman–Crippen MR) is 95.3 cm³/mol. The average molecular weight is 329 g/mol. The van der Waals surface area contributed by atoms with Crippen LogP contribution in [0.15, 0.2) is 30.3 Å². The molecule has 24 heavy (non-hydrogen) atoms. The van der Waals surface area contributed by atoms with Crippen LogP contribution in [-0.4, -0.2) is 18.4 Å². The molecule has 1 aromatic rings. The standard InChI is InChI=1S/C21H31NO2/c1-13(22)18(14-8-6-5-7-9-14)23-17-12-15-16-10-11-21(4,19(15)24-17)20(16,2)3/h5-9,13,15-19H,10-12,22H2,1-4H3/t13-,15+,16+,17+,18-,19+,21-/m0/s1. The average Bonchev–Trinajstić information content (AvgIpc) is 3.11. The van der Waals surface area contributed by atoms with E-state index in [1.54, 1.807) is 0 Å². The first-order valence-electron chi connectivity index (χ1n) is 9.46. The fraction of sp³-hybridized carbons (Fsp3) is 0.714. The largest absolute Gasteiger partial charge is 0.349 e. The fourth-order valence-corrected chi connectivity index (χ4v) is 5.88. The summed E-state index contributed by atoms with van der Waals surface area (Å²) < 4.78 is 12.9. The van der Waals surface area contributed by atoms with Crippen molar-refractivity contribution in [2.75, 3.05) is 0 Å². The molecule has 2 bridgehead atoms. The summed E-state index contributed by atoms with van der Waals surface area (Å²) in [5.41, 5.74) is 8.03. The lowest BCUT2D eigenvalue weighted by Crippen LogP contribution is -2.38. The van der Waals surface area contributed by atoms with E-state index in [-0.39, 0.29) is 23.9 Å². The molecule has 3 aliphatic rings. The lowest BCUT2D eigenvalue weighted by molar-refractivity contribution is -0.190. The van der Waals surface area contributed by atoms with E-state index in [1.165, 1.54) is 12.8 Å². The first-order chi connectivity index (χ1) is 11.3. The summed E-state index contributed by atoms with van der Waals surface area (Å²) in [7, 11) is 0. The molecule has 132 valence electrons. The second-order valence-corrected chi connectivity index (χ2v) is 9.00. The Hall–Kier alpha value is -0.900. The summed E-state index contributed by atoms with van der Waals surface area (Å²) in [5, 5.41) is 0. The van der Waals surface area contributed by atoms with E-state index in [0.717, 1.165) is 17.9 Å². The van der Waals surface area contributed by atoms with E-state index in [0.29, 0.717) is 17.4 Å². The molecular formula is C21H31NO2. The Balaban J connectivity index is 1.51. The van der Waals surface area contributed by atoms with Crippen LogP contribution >= 0.6 is 0 Å². The minimum Gasteiger partial charge on any atom is -0.349 e. The molecule has 3 fully saturated rings. The maximum absolute atomic E-state index is 6.48. The Morgan fingerprint density at radius 1 is 1.21 bits per heavy atom. The van der Waals surface area contributed by atoms with Gasteiger partial charge >= 0.3 is 0 Å². The van der Waals surface area contributed by atoms with E-state index >= 15 is 0 Å². The first-order valence-corrected chi connectivity index (χ1v) is 9.46. The van der Waals surface area contributed by atoms with Crippen molar-refractivity contribution >= 4 is 0 Å². The SMILES string of the molecule is C[C@H](N)[C@H](O[C@H]1C[C@@H]2[C@H]3CC[C@@](C)([C@@H]2O1)C3(C)C)c1ccccc1. The molecule has 2 saturated carbocycles. The molecule has 2 N–H and O–H groups in total. The van der Waals surface area contributed by atoms with Crippen LogP contribution in [0, 0.1) is 22.7 Å². The van der Waals surface area contributed by atoms with Gasteiger partial charge in [-0.1, -0.05) is 51.1 Å². The van der Waals surface area contributed by atoms with E-state index in [9.17, 15) is 0 Å². The zero-order chi connectivity index (χ0) is 17.1. The second kappa shape index (κ2) is 5.55. The minimum absolute atomic E-state index is 0.0554. The normalized spacial score (nSPS) is 42.0. The van der Waals surface area contributed by atoms with Crippen LogP contribution in [0.4, 0.5) is 0 Å². The molecule has 3 heteroatoms. The van der Waals surface area contributed by atoms with Crippen molar-refractivity contribution in [1.82, 2.24) is 0 Å². The van der Waals surface area contributed by atoms with Gasteiger partial charge in [0.25, 0.3) is 0 Å². The third kappa shape index (κ3) is 2.21. The maximum atomic E-state index is 6.48. The Labute approximate surface area is 145 Å². The molecule has 0 spiro atoms. The number of fused-ring (bicyclic) bond motifs is 5. The van der Waals surface area contributed by atoms with Crippen LogP contribution in [0.5, 0.6) is 0 Å². The number of hydrogen-bond acceptors (Lipinski definition) is 3. The summed E-state index contributed by atoms with van der Waals surface area (Å²) in [5.74, 6) is 1.42. The van der Waals surface area contributed by atoms with Crippen molar-refractivity contribution in [3.8, 4) is 0 Å². The highest BCUT2D eigenvalue weighted by molar-refractivity contribution is 5.20. The van der Waals surface area contributed by atoms with Crippen LogP contribution in [-0.2, 0) is 9.47 Å². The molecule has 0 unspecified atom stereocenters. The molecule has 4 rings (SSSR count). The van der Waals surface area contributed by atoms with E-state index in [2.05, 4.69) is 32.9 Å². The summed E-state index contributed by atoms with van der Waals surface area (Å²) >= 11 is 0. The van der Waals surface area contributed by atoms with Gasteiger partial charge in [-0.2, -0.15) is 0 Å².